The van der Waals surface area contributed by atoms with Crippen LogP contribution in [0.15, 0.2) is 24.5 Å². The molecule has 0 spiro atoms. The van der Waals surface area contributed by atoms with Crippen molar-refractivity contribution in [2.75, 3.05) is 31.6 Å². The Labute approximate surface area is 311 Å². The smallest absolute Gasteiger partial charge is 0.410 e. The molecule has 2 unspecified atom stereocenters. The Bertz CT molecular complexity index is 1690. The fraction of sp³-hybridized carbons (Fsp3) is 0.667. The molecule has 11 nitrogen and oxygen atoms in total. The second kappa shape index (κ2) is 15.3. The highest BCUT2D eigenvalue weighted by Gasteiger charge is 2.47. The van der Waals surface area contributed by atoms with E-state index in [4.69, 9.17) is 24.3 Å². The molecule has 3 aromatic heterocycles. The molecule has 52 heavy (non-hydrogen) atoms. The largest absolute Gasteiger partial charge is 0.444 e. The maximum absolute atomic E-state index is 13.4. The number of hydrogen-bond acceptors (Lipinski definition) is 9. The van der Waals surface area contributed by atoms with Crippen LogP contribution in [0, 0.1) is 0 Å². The van der Waals surface area contributed by atoms with Crippen LogP contribution in [-0.2, 0) is 14.2 Å². The number of pyridine rings is 1. The van der Waals surface area contributed by atoms with Crippen LogP contribution in [0.2, 0.25) is 51.4 Å². The first kappa shape index (κ1) is 38.6. The summed E-state index contributed by atoms with van der Waals surface area (Å²) < 4.78 is 20.8. The Kier molecular flexibility index (Phi) is 11.4. The van der Waals surface area contributed by atoms with E-state index in [2.05, 4.69) is 49.2 Å². The van der Waals surface area contributed by atoms with Crippen molar-refractivity contribution >= 4 is 40.0 Å². The highest BCUT2D eigenvalue weighted by atomic mass is 28.3. The number of aromatic nitrogens is 4. The Morgan fingerprint density at radius 3 is 2.02 bits per heavy atom. The summed E-state index contributed by atoms with van der Waals surface area (Å²) in [6.45, 7) is 22.2. The summed E-state index contributed by atoms with van der Waals surface area (Å²) in [6, 6.07) is 6.04. The number of carbonyl (C=O) groups is 2. The molecule has 3 fully saturated rings. The molecular formula is C39H60N6O5Si2. The maximum atomic E-state index is 13.4. The standard InChI is InChI=1S/C39H60N6O5Si2/c1-39(2,3)50-38(47)44-31-14-15-32(44)21-29(20-31)35-34(27-10-11-27)37(43(25-48-16-18-51(4,5)6)26-49-17-19-52(7,8)9)45-36(42-35)33(23-41-45)28-12-13-30(24-46)40-22-28/h12-13,22-24,27,29,31-32H,10-11,14-21,25-26H2,1-9H3/t29?,31-,32?/m1/s1. The van der Waals surface area contributed by atoms with Crippen molar-refractivity contribution < 1.29 is 23.8 Å². The minimum atomic E-state index is -1.29. The molecule has 1 saturated carbocycles. The van der Waals surface area contributed by atoms with Crippen molar-refractivity contribution in [1.29, 1.82) is 0 Å². The summed E-state index contributed by atoms with van der Waals surface area (Å²) in [6.07, 6.45) is 9.99. The van der Waals surface area contributed by atoms with Gasteiger partial charge in [0, 0.05) is 70.3 Å². The van der Waals surface area contributed by atoms with Crippen LogP contribution in [-0.4, -0.2) is 97.4 Å². The van der Waals surface area contributed by atoms with Gasteiger partial charge in [-0.1, -0.05) is 45.3 Å². The molecule has 2 bridgehead atoms. The Hall–Kier alpha value is -3.14. The van der Waals surface area contributed by atoms with Gasteiger partial charge < -0.3 is 24.0 Å². The van der Waals surface area contributed by atoms with Crippen molar-refractivity contribution in [3.8, 4) is 11.1 Å². The molecular weight excluding hydrogens is 689 g/mol. The summed E-state index contributed by atoms with van der Waals surface area (Å²) in [7, 11) is -2.59. The number of piperidine rings is 1. The zero-order chi connectivity index (χ0) is 37.4. The van der Waals surface area contributed by atoms with E-state index in [0.29, 0.717) is 38.3 Å². The average Bonchev–Trinajstić information content (AvgIpc) is 3.75. The minimum Gasteiger partial charge on any atom is -0.444 e. The molecule has 2 aliphatic heterocycles. The summed E-state index contributed by atoms with van der Waals surface area (Å²) in [5.41, 5.74) is 4.68. The lowest BCUT2D eigenvalue weighted by atomic mass is 9.85. The molecule has 0 radical (unpaired) electrons. The van der Waals surface area contributed by atoms with E-state index in [0.717, 1.165) is 85.2 Å². The van der Waals surface area contributed by atoms with E-state index in [1.165, 1.54) is 5.56 Å². The summed E-state index contributed by atoms with van der Waals surface area (Å²) >= 11 is 0. The number of nitrogens with zero attached hydrogens (tertiary/aromatic N) is 6. The molecule has 3 aromatic rings. The van der Waals surface area contributed by atoms with Crippen molar-refractivity contribution in [2.45, 2.75) is 140 Å². The first-order valence-corrected chi connectivity index (χ1v) is 26.7. The van der Waals surface area contributed by atoms with Gasteiger partial charge in [0.1, 0.15) is 30.6 Å². The number of ether oxygens (including phenoxy) is 3. The number of fused-ring (bicyclic) bond motifs is 3. The fourth-order valence-corrected chi connectivity index (χ4v) is 9.02. The van der Waals surface area contributed by atoms with Gasteiger partial charge in [-0.15, -0.1) is 0 Å². The SMILES string of the molecule is CC(C)(C)OC(=O)N1C2CC[C@@H]1CC(c1nc3c(-c4ccc(C=O)nc4)cnn3c(N(COCC[Si](C)(C)C)COCC[Si](C)(C)C)c1C1CC1)C2. The first-order valence-electron chi connectivity index (χ1n) is 19.3. The predicted octanol–water partition coefficient (Wildman–Crippen LogP) is 8.56. The molecule has 13 heteroatoms. The van der Waals surface area contributed by atoms with Gasteiger partial charge >= 0.3 is 6.09 Å². The van der Waals surface area contributed by atoms with E-state index < -0.39 is 21.7 Å². The normalized spacial score (nSPS) is 20.8. The number of amides is 1. The zero-order valence-electron chi connectivity index (χ0n) is 32.9. The highest BCUT2D eigenvalue weighted by molar-refractivity contribution is 6.76. The molecule has 3 atom stereocenters. The topological polar surface area (TPSA) is 111 Å². The van der Waals surface area contributed by atoms with Gasteiger partial charge in [0.05, 0.1) is 11.9 Å². The molecule has 0 N–H and O–H groups in total. The van der Waals surface area contributed by atoms with E-state index >= 15 is 0 Å². The summed E-state index contributed by atoms with van der Waals surface area (Å²) in [5.74, 6) is 1.54. The molecule has 6 rings (SSSR count). The number of rotatable bonds is 15. The molecule has 2 saturated heterocycles. The van der Waals surface area contributed by atoms with Crippen LogP contribution < -0.4 is 4.90 Å². The lowest BCUT2D eigenvalue weighted by Crippen LogP contribution is -2.48. The number of aldehydes is 1. The van der Waals surface area contributed by atoms with Crippen LogP contribution in [0.25, 0.3) is 16.8 Å². The van der Waals surface area contributed by atoms with E-state index in [-0.39, 0.29) is 24.1 Å². The number of anilines is 1. The van der Waals surface area contributed by atoms with Crippen molar-refractivity contribution in [2.24, 2.45) is 0 Å². The van der Waals surface area contributed by atoms with Gasteiger partial charge in [0.2, 0.25) is 0 Å². The van der Waals surface area contributed by atoms with Crippen LogP contribution in [0.5, 0.6) is 0 Å². The molecule has 3 aliphatic rings. The van der Waals surface area contributed by atoms with Gasteiger partial charge in [0.25, 0.3) is 0 Å². The molecule has 284 valence electrons. The Morgan fingerprint density at radius 2 is 1.52 bits per heavy atom. The van der Waals surface area contributed by atoms with Crippen molar-refractivity contribution in [3.05, 3.63) is 41.5 Å². The van der Waals surface area contributed by atoms with Crippen LogP contribution in [0.1, 0.15) is 92.9 Å². The summed E-state index contributed by atoms with van der Waals surface area (Å²) in [5, 5.41) is 5.01. The van der Waals surface area contributed by atoms with Crippen molar-refractivity contribution in [3.63, 3.8) is 0 Å². The predicted molar refractivity (Wildman–Crippen MR) is 211 cm³/mol. The number of carbonyl (C=O) groups excluding carboxylic acids is 2. The third kappa shape index (κ3) is 9.32. The number of hydrogen-bond donors (Lipinski definition) is 0. The lowest BCUT2D eigenvalue weighted by Gasteiger charge is -2.40. The van der Waals surface area contributed by atoms with Crippen LogP contribution in [0.4, 0.5) is 10.6 Å². The van der Waals surface area contributed by atoms with Crippen LogP contribution >= 0.6 is 0 Å². The third-order valence-electron chi connectivity index (χ3n) is 10.4. The van der Waals surface area contributed by atoms with Gasteiger partial charge in [-0.05, 0) is 83.4 Å². The van der Waals surface area contributed by atoms with Crippen LogP contribution in [0.3, 0.4) is 0 Å². The minimum absolute atomic E-state index is 0.113. The Morgan fingerprint density at radius 1 is 0.904 bits per heavy atom. The quantitative estimate of drug-likeness (QED) is 0.0653. The average molecular weight is 749 g/mol. The van der Waals surface area contributed by atoms with E-state index in [1.807, 2.05) is 42.4 Å². The van der Waals surface area contributed by atoms with Gasteiger partial charge in [-0.25, -0.2) is 9.78 Å². The Balaban J connectivity index is 1.43. The van der Waals surface area contributed by atoms with Crippen molar-refractivity contribution in [1.82, 2.24) is 24.5 Å². The lowest BCUT2D eigenvalue weighted by molar-refractivity contribution is 0.00565. The van der Waals surface area contributed by atoms with Gasteiger partial charge in [0.15, 0.2) is 11.9 Å². The monoisotopic (exact) mass is 748 g/mol. The third-order valence-corrected chi connectivity index (χ3v) is 13.8. The summed E-state index contributed by atoms with van der Waals surface area (Å²) in [4.78, 5) is 39.0. The fourth-order valence-electron chi connectivity index (χ4n) is 7.50. The van der Waals surface area contributed by atoms with Gasteiger partial charge in [-0.2, -0.15) is 9.61 Å². The molecule has 1 aliphatic carbocycles. The van der Waals surface area contributed by atoms with E-state index in [9.17, 15) is 9.59 Å². The maximum Gasteiger partial charge on any atom is 0.410 e. The molecule has 0 aromatic carbocycles. The second-order valence-corrected chi connectivity index (χ2v) is 29.8. The van der Waals surface area contributed by atoms with E-state index in [1.54, 1.807) is 12.3 Å². The molecule has 5 heterocycles. The first-order chi connectivity index (χ1) is 24.5. The second-order valence-electron chi connectivity index (χ2n) is 18.6. The highest BCUT2D eigenvalue weighted by Crippen LogP contribution is 2.52. The van der Waals surface area contributed by atoms with Gasteiger partial charge in [-0.3, -0.25) is 9.78 Å². The molecule has 1 amide bonds. The zero-order valence-corrected chi connectivity index (χ0v) is 34.9.